The predicted octanol–water partition coefficient (Wildman–Crippen LogP) is 1.08. The van der Waals surface area contributed by atoms with Gasteiger partial charge in [0.05, 0.1) is 23.2 Å². The Morgan fingerprint density at radius 1 is 1.38 bits per heavy atom. The molecule has 1 fully saturated rings. The topological polar surface area (TPSA) is 106 Å². The van der Waals surface area contributed by atoms with Crippen LogP contribution in [0.25, 0.3) is 0 Å². The van der Waals surface area contributed by atoms with Gasteiger partial charge in [0.1, 0.15) is 5.60 Å². The Kier molecular flexibility index (Phi) is 4.85. The number of esters is 1. The lowest BCUT2D eigenvalue weighted by atomic mass is 9.83. The number of carbonyl (C=O) groups excluding carboxylic acids is 2. The lowest BCUT2D eigenvalue weighted by Gasteiger charge is -2.38. The number of ether oxygens (including phenoxy) is 1. The summed E-state index contributed by atoms with van der Waals surface area (Å²) >= 11 is 0. The zero-order valence-corrected chi connectivity index (χ0v) is 15.5. The first-order valence-corrected chi connectivity index (χ1v) is 10.0. The molecule has 0 atom stereocenters. The smallest absolute Gasteiger partial charge is 0.335 e. The Labute approximate surface area is 152 Å². The number of hydrogen-bond acceptors (Lipinski definition) is 6. The molecule has 26 heavy (non-hydrogen) atoms. The first-order chi connectivity index (χ1) is 12.3. The summed E-state index contributed by atoms with van der Waals surface area (Å²) in [5.74, 6) is -0.940. The van der Waals surface area contributed by atoms with Gasteiger partial charge in [0.15, 0.2) is 0 Å². The third kappa shape index (κ3) is 3.24. The van der Waals surface area contributed by atoms with E-state index in [9.17, 15) is 18.0 Å². The van der Waals surface area contributed by atoms with Crippen molar-refractivity contribution in [1.82, 2.24) is 9.29 Å². The molecule has 9 heteroatoms. The molecular weight excluding hydrogens is 358 g/mol. The summed E-state index contributed by atoms with van der Waals surface area (Å²) in [7, 11) is -3.31. The van der Waals surface area contributed by atoms with Gasteiger partial charge in [-0.1, -0.05) is 0 Å². The first kappa shape index (κ1) is 18.5. The van der Waals surface area contributed by atoms with Gasteiger partial charge in [-0.3, -0.25) is 9.78 Å². The molecule has 1 N–H and O–H groups in total. The van der Waals surface area contributed by atoms with Crippen LogP contribution in [0.4, 0.5) is 5.69 Å². The van der Waals surface area contributed by atoms with Crippen LogP contribution in [0.5, 0.6) is 0 Å². The monoisotopic (exact) mass is 379 g/mol. The number of aromatic nitrogens is 1. The van der Waals surface area contributed by atoms with Crippen LogP contribution in [0, 0.1) is 0 Å². The minimum atomic E-state index is -3.31. The van der Waals surface area contributed by atoms with E-state index in [1.165, 1.54) is 10.5 Å². The number of carbonyl (C=O) groups is 2. The maximum atomic E-state index is 12.8. The summed E-state index contributed by atoms with van der Waals surface area (Å²) in [5.41, 5.74) is -0.0240. The Balaban J connectivity index is 1.84. The molecule has 1 saturated heterocycles. The molecule has 0 aromatic carbocycles. The zero-order chi connectivity index (χ0) is 18.9. The van der Waals surface area contributed by atoms with Gasteiger partial charge < -0.3 is 10.1 Å². The molecule has 2 aliphatic heterocycles. The van der Waals surface area contributed by atoms with Crippen molar-refractivity contribution in [1.29, 1.82) is 0 Å². The van der Waals surface area contributed by atoms with Crippen molar-refractivity contribution in [2.45, 2.75) is 32.3 Å². The minimum absolute atomic E-state index is 0.0169. The first-order valence-electron chi connectivity index (χ1n) is 8.43. The summed E-state index contributed by atoms with van der Waals surface area (Å²) < 4.78 is 31.1. The summed E-state index contributed by atoms with van der Waals surface area (Å²) in [5, 5.41) is 2.74. The number of sulfonamides is 1. The van der Waals surface area contributed by atoms with Crippen molar-refractivity contribution in [2.75, 3.05) is 24.2 Å². The fourth-order valence-electron chi connectivity index (χ4n) is 3.42. The summed E-state index contributed by atoms with van der Waals surface area (Å²) in [4.78, 5) is 28.9. The third-order valence-corrected chi connectivity index (χ3v) is 6.74. The van der Waals surface area contributed by atoms with E-state index in [1.54, 1.807) is 32.2 Å². The van der Waals surface area contributed by atoms with Crippen molar-refractivity contribution in [3.05, 3.63) is 35.7 Å². The second-order valence-electron chi connectivity index (χ2n) is 6.38. The summed E-state index contributed by atoms with van der Waals surface area (Å²) in [6.45, 7) is 3.57. The highest BCUT2D eigenvalue weighted by atomic mass is 32.2. The van der Waals surface area contributed by atoms with Crippen LogP contribution in [0.2, 0.25) is 0 Å². The second-order valence-corrected chi connectivity index (χ2v) is 8.64. The van der Waals surface area contributed by atoms with Gasteiger partial charge in [0, 0.05) is 37.7 Å². The summed E-state index contributed by atoms with van der Waals surface area (Å²) in [6.07, 6.45) is 3.61. The third-order valence-electron chi connectivity index (χ3n) is 4.86. The van der Waals surface area contributed by atoms with Gasteiger partial charge >= 0.3 is 5.97 Å². The fraction of sp³-hybridized carbons (Fsp3) is 0.471. The van der Waals surface area contributed by atoms with Gasteiger partial charge in [0.2, 0.25) is 10.0 Å². The number of pyridine rings is 1. The van der Waals surface area contributed by atoms with Crippen molar-refractivity contribution in [3.63, 3.8) is 0 Å². The van der Waals surface area contributed by atoms with Gasteiger partial charge in [0.25, 0.3) is 5.91 Å². The highest BCUT2D eigenvalue weighted by Gasteiger charge is 2.51. The number of piperidine rings is 1. The zero-order valence-electron chi connectivity index (χ0n) is 14.7. The van der Waals surface area contributed by atoms with Crippen LogP contribution < -0.4 is 5.32 Å². The van der Waals surface area contributed by atoms with Crippen LogP contribution in [-0.2, 0) is 24.3 Å². The number of nitrogens with zero attached hydrogens (tertiary/aromatic N) is 2. The molecule has 1 spiro atoms. The van der Waals surface area contributed by atoms with E-state index >= 15 is 0 Å². The number of hydrogen-bond donors (Lipinski definition) is 1. The van der Waals surface area contributed by atoms with E-state index in [2.05, 4.69) is 10.3 Å². The average Bonchev–Trinajstić information content (AvgIpc) is 2.86. The number of amides is 1. The van der Waals surface area contributed by atoms with Crippen LogP contribution in [0.15, 0.2) is 35.7 Å². The molecule has 2 aliphatic rings. The largest absolute Gasteiger partial charge is 0.450 e. The highest BCUT2D eigenvalue weighted by Crippen LogP contribution is 2.41. The maximum Gasteiger partial charge on any atom is 0.335 e. The lowest BCUT2D eigenvalue weighted by Crippen LogP contribution is -2.49. The number of rotatable bonds is 4. The highest BCUT2D eigenvalue weighted by molar-refractivity contribution is 7.89. The van der Waals surface area contributed by atoms with Crippen LogP contribution in [-0.4, -0.2) is 54.0 Å². The molecule has 3 rings (SSSR count). The quantitative estimate of drug-likeness (QED) is 0.785. The molecule has 140 valence electrons. The molecule has 0 unspecified atom stereocenters. The number of nitrogens with one attached hydrogen (secondary N) is 1. The van der Waals surface area contributed by atoms with E-state index < -0.39 is 27.5 Å². The van der Waals surface area contributed by atoms with E-state index in [0.717, 1.165) is 0 Å². The normalized spacial score (nSPS) is 20.3. The standard InChI is InChI=1S/C17H21N3O5S/c1-3-26(23,24)20-9-6-17(7-10-20)14(12(2)16(22)25-17)15(21)19-13-5-4-8-18-11-13/h4-5,8,11H,3,6-7,9-10H2,1-2H3,(H,19,21). The van der Waals surface area contributed by atoms with Crippen molar-refractivity contribution >= 4 is 27.6 Å². The van der Waals surface area contributed by atoms with Crippen LogP contribution >= 0.6 is 0 Å². The molecule has 0 aliphatic carbocycles. The molecule has 3 heterocycles. The minimum Gasteiger partial charge on any atom is -0.450 e. The van der Waals surface area contributed by atoms with Gasteiger partial charge in [-0.25, -0.2) is 17.5 Å². The number of anilines is 1. The Bertz CT molecular complexity index is 856. The molecular formula is C17H21N3O5S. The predicted molar refractivity (Wildman–Crippen MR) is 94.7 cm³/mol. The Morgan fingerprint density at radius 3 is 2.65 bits per heavy atom. The Morgan fingerprint density at radius 2 is 2.08 bits per heavy atom. The second kappa shape index (κ2) is 6.81. The molecule has 0 radical (unpaired) electrons. The average molecular weight is 379 g/mol. The van der Waals surface area contributed by atoms with Crippen LogP contribution in [0.1, 0.15) is 26.7 Å². The molecule has 0 bridgehead atoms. The molecule has 0 saturated carbocycles. The van der Waals surface area contributed by atoms with Crippen molar-refractivity contribution in [3.8, 4) is 0 Å². The maximum absolute atomic E-state index is 12.8. The van der Waals surface area contributed by atoms with E-state index in [1.807, 2.05) is 0 Å². The van der Waals surface area contributed by atoms with Crippen molar-refractivity contribution in [2.24, 2.45) is 0 Å². The molecule has 1 aromatic heterocycles. The molecule has 1 aromatic rings. The van der Waals surface area contributed by atoms with E-state index in [0.29, 0.717) is 5.69 Å². The van der Waals surface area contributed by atoms with Gasteiger partial charge in [-0.2, -0.15) is 0 Å². The lowest BCUT2D eigenvalue weighted by molar-refractivity contribution is -0.149. The fourth-order valence-corrected chi connectivity index (χ4v) is 4.52. The van der Waals surface area contributed by atoms with Crippen molar-refractivity contribution < 1.29 is 22.7 Å². The molecule has 1 amide bonds. The van der Waals surface area contributed by atoms with Gasteiger partial charge in [-0.05, 0) is 26.0 Å². The van der Waals surface area contributed by atoms with Gasteiger partial charge in [-0.15, -0.1) is 0 Å². The summed E-state index contributed by atoms with van der Waals surface area (Å²) in [6, 6.07) is 3.39. The Hall–Kier alpha value is -2.26. The SMILES string of the molecule is CCS(=O)(=O)N1CCC2(CC1)OC(=O)C(C)=C2C(=O)Nc1cccnc1. The van der Waals surface area contributed by atoms with E-state index in [-0.39, 0.29) is 42.8 Å². The van der Waals surface area contributed by atoms with Crippen LogP contribution in [0.3, 0.4) is 0 Å². The molecule has 8 nitrogen and oxygen atoms in total. The van der Waals surface area contributed by atoms with E-state index in [4.69, 9.17) is 4.74 Å².